The first kappa shape index (κ1) is 12.6. The van der Waals surface area contributed by atoms with E-state index in [0.29, 0.717) is 0 Å². The second-order valence-corrected chi connectivity index (χ2v) is 3.73. The van der Waals surface area contributed by atoms with Crippen LogP contribution in [-0.4, -0.2) is 13.7 Å². The molecule has 0 aliphatic heterocycles. The van der Waals surface area contributed by atoms with E-state index >= 15 is 0 Å². The minimum absolute atomic E-state index is 0.286. The van der Waals surface area contributed by atoms with Gasteiger partial charge in [0.05, 0.1) is 7.11 Å². The molecule has 0 amide bonds. The van der Waals surface area contributed by atoms with Crippen LogP contribution in [0.4, 0.5) is 0 Å². The fourth-order valence-corrected chi connectivity index (χ4v) is 1.64. The minimum Gasteiger partial charge on any atom is -0.496 e. The molecule has 2 nitrogen and oxygen atoms in total. The Kier molecular flexibility index (Phi) is 5.45. The Morgan fingerprint density at radius 3 is 2.88 bits per heavy atom. The molecule has 1 aromatic carbocycles. The van der Waals surface area contributed by atoms with E-state index in [1.165, 1.54) is 5.56 Å². The Labute approximate surface area is 98.0 Å². The Bertz CT molecular complexity index is 354. The van der Waals surface area contributed by atoms with Crippen molar-refractivity contribution in [2.75, 3.05) is 13.7 Å². The molecule has 0 aliphatic rings. The largest absolute Gasteiger partial charge is 0.496 e. The average molecular weight is 217 g/mol. The maximum Gasteiger partial charge on any atom is 0.123 e. The summed E-state index contributed by atoms with van der Waals surface area (Å²) in [4.78, 5) is 0. The van der Waals surface area contributed by atoms with Crippen LogP contribution < -0.4 is 10.1 Å². The highest BCUT2D eigenvalue weighted by Gasteiger charge is 2.09. The molecule has 2 heteroatoms. The van der Waals surface area contributed by atoms with Crippen molar-refractivity contribution in [3.8, 4) is 18.1 Å². The number of hydrogen-bond acceptors (Lipinski definition) is 2. The predicted octanol–water partition coefficient (Wildman–Crippen LogP) is 2.76. The van der Waals surface area contributed by atoms with E-state index < -0.39 is 0 Å². The molecule has 0 saturated carbocycles. The lowest BCUT2D eigenvalue weighted by atomic mass is 10.1. The number of para-hydroxylation sites is 1. The van der Waals surface area contributed by atoms with Crippen molar-refractivity contribution in [1.82, 2.24) is 5.32 Å². The van der Waals surface area contributed by atoms with Crippen molar-refractivity contribution in [1.29, 1.82) is 0 Å². The smallest absolute Gasteiger partial charge is 0.123 e. The second kappa shape index (κ2) is 6.92. The third kappa shape index (κ3) is 3.60. The van der Waals surface area contributed by atoms with Crippen LogP contribution in [-0.2, 0) is 0 Å². The molecule has 0 fully saturated rings. The van der Waals surface area contributed by atoms with Crippen LogP contribution in [0.3, 0.4) is 0 Å². The van der Waals surface area contributed by atoms with Crippen molar-refractivity contribution < 1.29 is 4.74 Å². The number of ether oxygens (including phenoxy) is 1. The molecule has 0 heterocycles. The van der Waals surface area contributed by atoms with Gasteiger partial charge < -0.3 is 10.1 Å². The molecule has 86 valence electrons. The highest BCUT2D eigenvalue weighted by Crippen LogP contribution is 2.24. The first-order valence-electron chi connectivity index (χ1n) is 5.59. The summed E-state index contributed by atoms with van der Waals surface area (Å²) >= 11 is 0. The highest BCUT2D eigenvalue weighted by molar-refractivity contribution is 5.35. The van der Waals surface area contributed by atoms with Gasteiger partial charge in [0.2, 0.25) is 0 Å². The van der Waals surface area contributed by atoms with Crippen LogP contribution in [0.2, 0.25) is 0 Å². The van der Waals surface area contributed by atoms with Gasteiger partial charge in [-0.2, -0.15) is 0 Å². The number of nitrogens with one attached hydrogen (secondary N) is 1. The molecular formula is C14H19NO. The van der Waals surface area contributed by atoms with E-state index in [0.717, 1.165) is 25.1 Å². The molecular weight excluding hydrogens is 198 g/mol. The highest BCUT2D eigenvalue weighted by atomic mass is 16.5. The Morgan fingerprint density at radius 2 is 2.19 bits per heavy atom. The quantitative estimate of drug-likeness (QED) is 0.584. The standard InChI is InChI=1S/C14H19NO/c1-4-5-8-11-15-12(2)13-9-6-7-10-14(13)16-3/h1,6-7,9-10,12,15H,5,8,11H2,2-3H3/t12-/m1/s1. The lowest BCUT2D eigenvalue weighted by Gasteiger charge is -2.16. The van der Waals surface area contributed by atoms with Crippen LogP contribution in [0.1, 0.15) is 31.4 Å². The van der Waals surface area contributed by atoms with Gasteiger partial charge in [0.15, 0.2) is 0 Å². The van der Waals surface area contributed by atoms with E-state index in [-0.39, 0.29) is 6.04 Å². The van der Waals surface area contributed by atoms with Crippen LogP contribution in [0.5, 0.6) is 5.75 Å². The Morgan fingerprint density at radius 1 is 1.44 bits per heavy atom. The summed E-state index contributed by atoms with van der Waals surface area (Å²) in [6, 6.07) is 8.35. The molecule has 0 bridgehead atoms. The summed E-state index contributed by atoms with van der Waals surface area (Å²) in [6.45, 7) is 3.07. The van der Waals surface area contributed by atoms with E-state index in [2.05, 4.69) is 24.2 Å². The summed E-state index contributed by atoms with van der Waals surface area (Å²) in [5, 5.41) is 3.43. The molecule has 1 aromatic rings. The zero-order valence-electron chi connectivity index (χ0n) is 9.99. The van der Waals surface area contributed by atoms with Gasteiger partial charge in [-0.15, -0.1) is 12.3 Å². The number of rotatable bonds is 6. The fourth-order valence-electron chi connectivity index (χ4n) is 1.64. The molecule has 1 N–H and O–H groups in total. The molecule has 1 atom stereocenters. The lowest BCUT2D eigenvalue weighted by Crippen LogP contribution is -2.20. The van der Waals surface area contributed by atoms with Crippen LogP contribution in [0.15, 0.2) is 24.3 Å². The first-order chi connectivity index (χ1) is 7.79. The zero-order chi connectivity index (χ0) is 11.8. The van der Waals surface area contributed by atoms with Crippen molar-refractivity contribution in [3.05, 3.63) is 29.8 Å². The van der Waals surface area contributed by atoms with Gasteiger partial charge in [-0.05, 0) is 26.0 Å². The predicted molar refractivity (Wildman–Crippen MR) is 67.5 cm³/mol. The third-order valence-corrected chi connectivity index (χ3v) is 2.55. The summed E-state index contributed by atoms with van der Waals surface area (Å²) in [5.41, 5.74) is 1.19. The average Bonchev–Trinajstić information content (AvgIpc) is 2.34. The Hall–Kier alpha value is -1.46. The van der Waals surface area contributed by atoms with Gasteiger partial charge in [0.25, 0.3) is 0 Å². The molecule has 16 heavy (non-hydrogen) atoms. The number of hydrogen-bond donors (Lipinski definition) is 1. The molecule has 0 radical (unpaired) electrons. The molecule has 1 rings (SSSR count). The van der Waals surface area contributed by atoms with Crippen molar-refractivity contribution in [2.24, 2.45) is 0 Å². The van der Waals surface area contributed by atoms with Gasteiger partial charge in [0.1, 0.15) is 5.75 Å². The van der Waals surface area contributed by atoms with Crippen molar-refractivity contribution in [2.45, 2.75) is 25.8 Å². The molecule has 0 aromatic heterocycles. The van der Waals surface area contributed by atoms with Gasteiger partial charge in [0, 0.05) is 18.0 Å². The summed E-state index contributed by atoms with van der Waals surface area (Å²) < 4.78 is 5.32. The van der Waals surface area contributed by atoms with Crippen LogP contribution in [0.25, 0.3) is 0 Å². The summed E-state index contributed by atoms with van der Waals surface area (Å²) in [6.07, 6.45) is 7.04. The summed E-state index contributed by atoms with van der Waals surface area (Å²) in [5.74, 6) is 3.57. The van der Waals surface area contributed by atoms with E-state index in [1.807, 2.05) is 18.2 Å². The van der Waals surface area contributed by atoms with Crippen LogP contribution >= 0.6 is 0 Å². The zero-order valence-corrected chi connectivity index (χ0v) is 9.99. The monoisotopic (exact) mass is 217 g/mol. The van der Waals surface area contributed by atoms with Gasteiger partial charge in [-0.25, -0.2) is 0 Å². The SMILES string of the molecule is C#CCCCN[C@H](C)c1ccccc1OC. The maximum atomic E-state index is 5.32. The Balaban J connectivity index is 2.52. The number of unbranched alkanes of at least 4 members (excludes halogenated alkanes) is 1. The van der Waals surface area contributed by atoms with Gasteiger partial charge in [-0.1, -0.05) is 18.2 Å². The van der Waals surface area contributed by atoms with E-state index in [9.17, 15) is 0 Å². The molecule has 0 spiro atoms. The lowest BCUT2D eigenvalue weighted by molar-refractivity contribution is 0.401. The van der Waals surface area contributed by atoms with Gasteiger partial charge >= 0.3 is 0 Å². The fraction of sp³-hybridized carbons (Fsp3) is 0.429. The molecule has 0 unspecified atom stereocenters. The summed E-state index contributed by atoms with van der Waals surface area (Å²) in [7, 11) is 1.70. The van der Waals surface area contributed by atoms with Crippen molar-refractivity contribution >= 4 is 0 Å². The number of methoxy groups -OCH3 is 1. The first-order valence-corrected chi connectivity index (χ1v) is 5.59. The number of benzene rings is 1. The molecule has 0 aliphatic carbocycles. The van der Waals surface area contributed by atoms with Crippen molar-refractivity contribution in [3.63, 3.8) is 0 Å². The molecule has 0 saturated heterocycles. The number of terminal acetylenes is 1. The normalized spacial score (nSPS) is 11.8. The topological polar surface area (TPSA) is 21.3 Å². The minimum atomic E-state index is 0.286. The van der Waals surface area contributed by atoms with E-state index in [1.54, 1.807) is 7.11 Å². The van der Waals surface area contributed by atoms with Crippen LogP contribution in [0, 0.1) is 12.3 Å². The third-order valence-electron chi connectivity index (χ3n) is 2.55. The van der Waals surface area contributed by atoms with E-state index in [4.69, 9.17) is 11.2 Å². The maximum absolute atomic E-state index is 5.32. The van der Waals surface area contributed by atoms with Gasteiger partial charge in [-0.3, -0.25) is 0 Å². The second-order valence-electron chi connectivity index (χ2n) is 3.73.